The van der Waals surface area contributed by atoms with E-state index >= 15 is 0 Å². The molecule has 0 spiro atoms. The van der Waals surface area contributed by atoms with E-state index in [9.17, 15) is 14.0 Å². The highest BCUT2D eigenvalue weighted by atomic mass is 19.1. The molecule has 1 atom stereocenters. The van der Waals surface area contributed by atoms with Gasteiger partial charge in [-0.25, -0.2) is 14.4 Å². The summed E-state index contributed by atoms with van der Waals surface area (Å²) in [5.74, 6) is 0.207. The van der Waals surface area contributed by atoms with Crippen LogP contribution in [0.2, 0.25) is 0 Å². The maximum atomic E-state index is 12.8. The number of nitrogens with one attached hydrogen (secondary N) is 1. The average molecular weight is 492 g/mol. The number of hydrazone groups is 1. The molecule has 3 aromatic rings. The number of anilines is 1. The maximum absolute atomic E-state index is 12.8. The molecule has 0 radical (unpaired) electrons. The van der Waals surface area contributed by atoms with E-state index in [0.29, 0.717) is 23.6 Å². The summed E-state index contributed by atoms with van der Waals surface area (Å²) in [5, 5.41) is 8.91. The Bertz CT molecular complexity index is 1250. The fourth-order valence-corrected chi connectivity index (χ4v) is 3.92. The zero-order valence-electron chi connectivity index (χ0n) is 20.0. The molecule has 36 heavy (non-hydrogen) atoms. The van der Waals surface area contributed by atoms with Crippen LogP contribution in [0.4, 0.5) is 10.1 Å². The third-order valence-electron chi connectivity index (χ3n) is 5.83. The van der Waals surface area contributed by atoms with Gasteiger partial charge in [-0.1, -0.05) is 19.1 Å². The smallest absolute Gasteiger partial charge is 0.275 e. The summed E-state index contributed by atoms with van der Waals surface area (Å²) in [6, 6.07) is 12.3. The van der Waals surface area contributed by atoms with Crippen LogP contribution in [0, 0.1) is 5.92 Å². The Balaban J connectivity index is 1.52. The molecular formula is C26H26FN5O4. The van der Waals surface area contributed by atoms with Crippen LogP contribution in [-0.4, -0.2) is 46.5 Å². The molecule has 0 bridgehead atoms. The van der Waals surface area contributed by atoms with Crippen molar-refractivity contribution in [1.82, 2.24) is 15.0 Å². The van der Waals surface area contributed by atoms with Crippen molar-refractivity contribution in [1.29, 1.82) is 0 Å². The lowest BCUT2D eigenvalue weighted by Gasteiger charge is -2.29. The van der Waals surface area contributed by atoms with Crippen molar-refractivity contribution in [3.8, 4) is 11.5 Å². The van der Waals surface area contributed by atoms with Crippen LogP contribution in [0.5, 0.6) is 11.5 Å². The second-order valence-electron chi connectivity index (χ2n) is 8.11. The molecule has 1 unspecified atom stereocenters. The maximum Gasteiger partial charge on any atom is 0.275 e. The Labute approximate surface area is 208 Å². The van der Waals surface area contributed by atoms with E-state index in [1.54, 1.807) is 30.3 Å². The van der Waals surface area contributed by atoms with Gasteiger partial charge in [0.1, 0.15) is 5.69 Å². The summed E-state index contributed by atoms with van der Waals surface area (Å²) in [7, 11) is 1.49. The molecule has 0 fully saturated rings. The summed E-state index contributed by atoms with van der Waals surface area (Å²) in [6.45, 7) is 1.33. The van der Waals surface area contributed by atoms with Crippen molar-refractivity contribution in [2.45, 2.75) is 26.3 Å². The molecule has 2 amide bonds. The molecule has 0 saturated carbocycles. The lowest BCUT2D eigenvalue weighted by molar-refractivity contribution is -0.133. The number of nitrogens with zero attached hydrogens (tertiary/aromatic N) is 4. The minimum atomic E-state index is -0.959. The second kappa shape index (κ2) is 11.4. The molecule has 0 saturated heterocycles. The number of alkyl halides is 1. The molecule has 2 heterocycles. The number of benzene rings is 2. The van der Waals surface area contributed by atoms with Crippen LogP contribution in [0.3, 0.4) is 0 Å². The number of amides is 2. The standard InChI is InChI=1S/C26H26FN5O4/c1-3-18-13-24(33)32(31-25(18)19-6-9-22(36-16-27)23(12-19)35-2)15-17-4-7-20(8-5-17)30-26(34)21-14-28-10-11-29-21/h4-12,14,18H,3,13,15-16H2,1-2H3,(H,30,34). The number of hydrogen-bond acceptors (Lipinski definition) is 7. The summed E-state index contributed by atoms with van der Waals surface area (Å²) >= 11 is 0. The van der Waals surface area contributed by atoms with Gasteiger partial charge in [0.15, 0.2) is 11.5 Å². The Morgan fingerprint density at radius 1 is 1.17 bits per heavy atom. The molecule has 2 aromatic carbocycles. The number of carbonyl (C=O) groups excluding carboxylic acids is 2. The fourth-order valence-electron chi connectivity index (χ4n) is 3.92. The highest BCUT2D eigenvalue weighted by Crippen LogP contribution is 2.32. The third-order valence-corrected chi connectivity index (χ3v) is 5.83. The van der Waals surface area contributed by atoms with Crippen LogP contribution in [0.15, 0.2) is 66.2 Å². The zero-order valence-corrected chi connectivity index (χ0v) is 20.0. The molecule has 1 aliphatic rings. The van der Waals surface area contributed by atoms with Crippen LogP contribution < -0.4 is 14.8 Å². The third kappa shape index (κ3) is 5.65. The predicted octanol–water partition coefficient (Wildman–Crippen LogP) is 4.21. The van der Waals surface area contributed by atoms with Gasteiger partial charge in [-0.15, -0.1) is 0 Å². The number of methoxy groups -OCH3 is 1. The van der Waals surface area contributed by atoms with Gasteiger partial charge in [0.05, 0.1) is 25.6 Å². The van der Waals surface area contributed by atoms with Crippen LogP contribution in [-0.2, 0) is 11.3 Å². The van der Waals surface area contributed by atoms with Gasteiger partial charge >= 0.3 is 0 Å². The van der Waals surface area contributed by atoms with Crippen LogP contribution in [0.25, 0.3) is 0 Å². The van der Waals surface area contributed by atoms with E-state index in [1.807, 2.05) is 19.1 Å². The van der Waals surface area contributed by atoms with Gasteiger partial charge in [0.25, 0.3) is 5.91 Å². The predicted molar refractivity (Wildman–Crippen MR) is 132 cm³/mol. The van der Waals surface area contributed by atoms with Crippen LogP contribution in [0.1, 0.15) is 41.4 Å². The van der Waals surface area contributed by atoms with Crippen molar-refractivity contribution in [3.05, 3.63) is 77.9 Å². The van der Waals surface area contributed by atoms with Gasteiger partial charge in [-0.3, -0.25) is 14.6 Å². The SMILES string of the molecule is CCC1CC(=O)N(Cc2ccc(NC(=O)c3cnccn3)cc2)N=C1c1ccc(OCF)c(OC)c1. The molecule has 0 aliphatic carbocycles. The Morgan fingerprint density at radius 2 is 1.97 bits per heavy atom. The van der Waals surface area contributed by atoms with E-state index in [0.717, 1.165) is 23.3 Å². The number of ether oxygens (including phenoxy) is 2. The van der Waals surface area contributed by atoms with E-state index in [1.165, 1.54) is 30.7 Å². The summed E-state index contributed by atoms with van der Waals surface area (Å²) in [6.07, 6.45) is 5.41. The largest absolute Gasteiger partial charge is 0.493 e. The number of aromatic nitrogens is 2. The molecular weight excluding hydrogens is 465 g/mol. The first-order valence-electron chi connectivity index (χ1n) is 11.4. The summed E-state index contributed by atoms with van der Waals surface area (Å²) in [5.41, 5.74) is 3.20. The van der Waals surface area contributed by atoms with Gasteiger partial charge < -0.3 is 14.8 Å². The lowest BCUT2D eigenvalue weighted by Crippen LogP contribution is -2.36. The minimum Gasteiger partial charge on any atom is -0.493 e. The van der Waals surface area contributed by atoms with Crippen molar-refractivity contribution < 1.29 is 23.5 Å². The van der Waals surface area contributed by atoms with E-state index in [4.69, 9.17) is 9.47 Å². The molecule has 9 nitrogen and oxygen atoms in total. The van der Waals surface area contributed by atoms with Crippen molar-refractivity contribution in [2.24, 2.45) is 11.0 Å². The van der Waals surface area contributed by atoms with Crippen molar-refractivity contribution >= 4 is 23.2 Å². The van der Waals surface area contributed by atoms with E-state index in [2.05, 4.69) is 20.4 Å². The van der Waals surface area contributed by atoms with Gasteiger partial charge in [-0.05, 0) is 42.3 Å². The fraction of sp³-hybridized carbons (Fsp3) is 0.269. The number of hydrogen-bond donors (Lipinski definition) is 1. The summed E-state index contributed by atoms with van der Waals surface area (Å²) < 4.78 is 23.0. The van der Waals surface area contributed by atoms with Crippen molar-refractivity contribution in [2.75, 3.05) is 19.3 Å². The monoisotopic (exact) mass is 491 g/mol. The number of halogens is 1. The molecule has 10 heteroatoms. The van der Waals surface area contributed by atoms with Gasteiger partial charge in [-0.2, -0.15) is 5.10 Å². The second-order valence-corrected chi connectivity index (χ2v) is 8.11. The molecule has 4 rings (SSSR count). The molecule has 186 valence electrons. The minimum absolute atomic E-state index is 0.0509. The average Bonchev–Trinajstić information content (AvgIpc) is 2.91. The van der Waals surface area contributed by atoms with Gasteiger partial charge in [0, 0.05) is 36.0 Å². The topological polar surface area (TPSA) is 106 Å². The van der Waals surface area contributed by atoms with E-state index < -0.39 is 6.86 Å². The molecule has 1 aromatic heterocycles. The zero-order chi connectivity index (χ0) is 25.5. The highest BCUT2D eigenvalue weighted by Gasteiger charge is 2.29. The lowest BCUT2D eigenvalue weighted by atomic mass is 9.89. The highest BCUT2D eigenvalue weighted by molar-refractivity contribution is 6.06. The first-order valence-corrected chi connectivity index (χ1v) is 11.4. The molecule has 1 N–H and O–H groups in total. The first kappa shape index (κ1) is 24.8. The number of rotatable bonds is 9. The Hall–Kier alpha value is -4.34. The van der Waals surface area contributed by atoms with Crippen molar-refractivity contribution in [3.63, 3.8) is 0 Å². The van der Waals surface area contributed by atoms with Gasteiger partial charge in [0.2, 0.25) is 12.8 Å². The van der Waals surface area contributed by atoms with Crippen LogP contribution >= 0.6 is 0 Å². The summed E-state index contributed by atoms with van der Waals surface area (Å²) in [4.78, 5) is 33.0. The molecule has 1 aliphatic heterocycles. The quantitative estimate of drug-likeness (QED) is 0.481. The Morgan fingerprint density at radius 3 is 2.64 bits per heavy atom. The first-order chi connectivity index (χ1) is 17.5. The Kier molecular flexibility index (Phi) is 7.84. The van der Waals surface area contributed by atoms with E-state index in [-0.39, 0.29) is 30.0 Å². The number of carbonyl (C=O) groups is 2. The normalized spacial score (nSPS) is 15.3.